The molecule has 0 bridgehead atoms. The summed E-state index contributed by atoms with van der Waals surface area (Å²) < 4.78 is 4.87. The van der Waals surface area contributed by atoms with Gasteiger partial charge in [-0.2, -0.15) is 0 Å². The minimum atomic E-state index is 0.962. The Labute approximate surface area is 236 Å². The van der Waals surface area contributed by atoms with E-state index in [1.807, 2.05) is 0 Å². The number of para-hydroxylation sites is 5. The van der Waals surface area contributed by atoms with Crippen LogP contribution in [0.25, 0.3) is 76.8 Å². The van der Waals surface area contributed by atoms with Crippen LogP contribution < -0.4 is 0 Å². The summed E-state index contributed by atoms with van der Waals surface area (Å²) in [6.07, 6.45) is 0. The molecule has 6 aromatic carbocycles. The third kappa shape index (κ3) is 3.00. The second-order valence-electron chi connectivity index (χ2n) is 10.8. The van der Waals surface area contributed by atoms with Crippen LogP contribution >= 0.6 is 0 Å². The summed E-state index contributed by atoms with van der Waals surface area (Å²) in [7, 11) is 0. The highest BCUT2D eigenvalue weighted by molar-refractivity contribution is 6.21. The monoisotopic (exact) mass is 523 g/mol. The SMILES string of the molecule is Cc1ccccc1-c1nc2cccc3c4ccccc4n4c5ccccc5c5cccc(c6ccccc6n1c23)c54. The van der Waals surface area contributed by atoms with Crippen LogP contribution in [0.1, 0.15) is 5.56 Å². The highest BCUT2D eigenvalue weighted by atomic mass is 15.0. The molecular weight excluding hydrogens is 498 g/mol. The van der Waals surface area contributed by atoms with Gasteiger partial charge in [-0.1, -0.05) is 109 Å². The van der Waals surface area contributed by atoms with Gasteiger partial charge in [-0.15, -0.1) is 0 Å². The summed E-state index contributed by atoms with van der Waals surface area (Å²) in [6.45, 7) is 2.17. The normalized spacial score (nSPS) is 12.0. The van der Waals surface area contributed by atoms with E-state index in [0.717, 1.165) is 27.9 Å². The Balaban J connectivity index is 1.73. The Morgan fingerprint density at radius 2 is 0.878 bits per heavy atom. The number of imidazole rings is 1. The lowest BCUT2D eigenvalue weighted by molar-refractivity contribution is 1.21. The van der Waals surface area contributed by atoms with E-state index in [9.17, 15) is 0 Å². The van der Waals surface area contributed by atoms with Crippen LogP contribution in [0, 0.1) is 6.92 Å². The van der Waals surface area contributed by atoms with Crippen molar-refractivity contribution < 1.29 is 0 Å². The predicted octanol–water partition coefficient (Wildman–Crippen LogP) is 9.89. The first-order chi connectivity index (χ1) is 20.3. The minimum Gasteiger partial charge on any atom is -0.308 e. The van der Waals surface area contributed by atoms with E-state index in [1.54, 1.807) is 0 Å². The van der Waals surface area contributed by atoms with Gasteiger partial charge in [0.05, 0.1) is 33.1 Å². The molecule has 3 nitrogen and oxygen atoms in total. The molecule has 3 heterocycles. The van der Waals surface area contributed by atoms with Crippen molar-refractivity contribution in [2.75, 3.05) is 0 Å². The first kappa shape index (κ1) is 22.4. The van der Waals surface area contributed by atoms with Crippen LogP contribution in [0.3, 0.4) is 0 Å². The lowest BCUT2D eigenvalue weighted by atomic mass is 10.1. The number of rotatable bonds is 1. The van der Waals surface area contributed by atoms with E-state index in [0.29, 0.717) is 0 Å². The van der Waals surface area contributed by atoms with Gasteiger partial charge in [0.25, 0.3) is 0 Å². The van der Waals surface area contributed by atoms with Gasteiger partial charge in [-0.3, -0.25) is 4.40 Å². The van der Waals surface area contributed by atoms with Crippen LogP contribution in [0.15, 0.2) is 133 Å². The maximum absolute atomic E-state index is 5.32. The molecule has 0 radical (unpaired) electrons. The topological polar surface area (TPSA) is 21.7 Å². The lowest BCUT2D eigenvalue weighted by Crippen LogP contribution is -1.94. The molecule has 3 heteroatoms. The van der Waals surface area contributed by atoms with Crippen LogP contribution in [0.2, 0.25) is 0 Å². The van der Waals surface area contributed by atoms with Crippen LogP contribution in [0.4, 0.5) is 0 Å². The Morgan fingerprint density at radius 1 is 0.415 bits per heavy atom. The van der Waals surface area contributed by atoms with Crippen molar-refractivity contribution in [1.82, 2.24) is 13.8 Å². The van der Waals surface area contributed by atoms with Gasteiger partial charge in [0.2, 0.25) is 0 Å². The Kier molecular flexibility index (Phi) is 4.53. The molecule has 3 aromatic heterocycles. The second-order valence-corrected chi connectivity index (χ2v) is 10.8. The Hall–Kier alpha value is -5.41. The zero-order chi connectivity index (χ0) is 27.1. The van der Waals surface area contributed by atoms with Gasteiger partial charge in [-0.25, -0.2) is 4.98 Å². The number of fused-ring (bicyclic) bond motifs is 9. The van der Waals surface area contributed by atoms with E-state index in [4.69, 9.17) is 4.98 Å². The molecule has 0 spiro atoms. The maximum Gasteiger partial charge on any atom is 0.146 e. The lowest BCUT2D eigenvalue weighted by Gasteiger charge is -2.11. The summed E-state index contributed by atoms with van der Waals surface area (Å²) in [5.74, 6) is 0.962. The standard InChI is InChI=1S/C38H25N3/c1-24-12-2-3-13-25(24)38-39-32-20-11-19-31-28-16-5-8-22-34(28)40-33-21-7-4-14-26(33)29-17-10-18-30(36(29)40)27-15-6-9-23-35(27)41(38)37(31)32/h2-23H,1H3. The highest BCUT2D eigenvalue weighted by Gasteiger charge is 2.18. The third-order valence-corrected chi connectivity index (χ3v) is 8.63. The number of aromatic nitrogens is 3. The van der Waals surface area contributed by atoms with Crippen molar-refractivity contribution in [3.8, 4) is 11.4 Å². The fourth-order valence-corrected chi connectivity index (χ4v) is 6.86. The fourth-order valence-electron chi connectivity index (χ4n) is 6.86. The van der Waals surface area contributed by atoms with Crippen LogP contribution in [-0.2, 0) is 0 Å². The largest absolute Gasteiger partial charge is 0.308 e. The zero-order valence-corrected chi connectivity index (χ0v) is 22.5. The van der Waals surface area contributed by atoms with Crippen LogP contribution in [-0.4, -0.2) is 13.8 Å². The van der Waals surface area contributed by atoms with Crippen molar-refractivity contribution in [2.45, 2.75) is 6.92 Å². The number of hydrogen-bond donors (Lipinski definition) is 0. The van der Waals surface area contributed by atoms with Gasteiger partial charge in [0, 0.05) is 37.9 Å². The quantitative estimate of drug-likeness (QED) is 0.210. The average Bonchev–Trinajstić information content (AvgIpc) is 3.57. The van der Waals surface area contributed by atoms with Gasteiger partial charge in [0.15, 0.2) is 0 Å². The molecule has 0 aliphatic rings. The first-order valence-corrected chi connectivity index (χ1v) is 14.1. The third-order valence-electron chi connectivity index (χ3n) is 8.63. The van der Waals surface area contributed by atoms with Crippen molar-refractivity contribution in [1.29, 1.82) is 0 Å². The number of hydrogen-bond acceptors (Lipinski definition) is 1. The molecule has 0 fully saturated rings. The molecule has 0 saturated carbocycles. The zero-order valence-electron chi connectivity index (χ0n) is 22.5. The molecule has 0 aliphatic heterocycles. The molecule has 0 amide bonds. The van der Waals surface area contributed by atoms with Crippen molar-refractivity contribution >= 4 is 65.4 Å². The Morgan fingerprint density at radius 3 is 1.49 bits per heavy atom. The fraction of sp³-hybridized carbons (Fsp3) is 0.0263. The summed E-state index contributed by atoms with van der Waals surface area (Å²) in [4.78, 5) is 5.32. The van der Waals surface area contributed by atoms with Crippen molar-refractivity contribution in [3.63, 3.8) is 0 Å². The van der Waals surface area contributed by atoms with E-state index >= 15 is 0 Å². The molecular formula is C38H25N3. The number of benzene rings is 6. The van der Waals surface area contributed by atoms with E-state index in [-0.39, 0.29) is 0 Å². The second kappa shape index (κ2) is 8.30. The smallest absolute Gasteiger partial charge is 0.146 e. The van der Waals surface area contributed by atoms with Gasteiger partial charge in [0.1, 0.15) is 5.82 Å². The summed E-state index contributed by atoms with van der Waals surface area (Å²) >= 11 is 0. The molecule has 0 saturated heterocycles. The van der Waals surface area contributed by atoms with E-state index in [2.05, 4.69) is 149 Å². The molecule has 192 valence electrons. The first-order valence-electron chi connectivity index (χ1n) is 14.1. The van der Waals surface area contributed by atoms with Gasteiger partial charge in [-0.05, 0) is 36.8 Å². The molecule has 0 N–H and O–H groups in total. The Bertz CT molecular complexity index is 2550. The highest BCUT2D eigenvalue weighted by Crippen LogP contribution is 2.39. The number of aryl methyl sites for hydroxylation is 1. The summed E-state index contributed by atoms with van der Waals surface area (Å²) in [5, 5.41) is 7.27. The molecule has 0 atom stereocenters. The molecule has 0 aliphatic carbocycles. The van der Waals surface area contributed by atoms with Gasteiger partial charge >= 0.3 is 0 Å². The summed E-state index contributed by atoms with van der Waals surface area (Å²) in [6, 6.07) is 48.2. The predicted molar refractivity (Wildman–Crippen MR) is 173 cm³/mol. The summed E-state index contributed by atoms with van der Waals surface area (Å²) in [5.41, 5.74) is 9.19. The van der Waals surface area contributed by atoms with Gasteiger partial charge < -0.3 is 4.40 Å². The minimum absolute atomic E-state index is 0.962. The molecule has 0 unspecified atom stereocenters. The molecule has 9 aromatic rings. The van der Waals surface area contributed by atoms with Crippen molar-refractivity contribution in [2.24, 2.45) is 0 Å². The number of nitrogens with zero attached hydrogens (tertiary/aromatic N) is 3. The van der Waals surface area contributed by atoms with Crippen molar-refractivity contribution in [3.05, 3.63) is 139 Å². The van der Waals surface area contributed by atoms with E-state index in [1.165, 1.54) is 54.4 Å². The van der Waals surface area contributed by atoms with Crippen LogP contribution in [0.5, 0.6) is 0 Å². The average molecular weight is 524 g/mol. The maximum atomic E-state index is 5.32. The molecule has 41 heavy (non-hydrogen) atoms. The van der Waals surface area contributed by atoms with E-state index < -0.39 is 0 Å². The molecule has 9 rings (SSSR count).